The number of benzene rings is 3. The third-order valence-electron chi connectivity index (χ3n) is 4.91. The van der Waals surface area contributed by atoms with Crippen molar-refractivity contribution in [3.8, 4) is 16.3 Å². The minimum atomic E-state index is -0.459. The van der Waals surface area contributed by atoms with Gasteiger partial charge >= 0.3 is 0 Å². The molecule has 4 aromatic rings. The van der Waals surface area contributed by atoms with Gasteiger partial charge in [-0.2, -0.15) is 0 Å². The summed E-state index contributed by atoms with van der Waals surface area (Å²) in [5.74, 6) is -0.263. The summed E-state index contributed by atoms with van der Waals surface area (Å²) in [6, 6.07) is 11.0. The van der Waals surface area contributed by atoms with Gasteiger partial charge in [-0.1, -0.05) is 70.1 Å². The number of hydrogen-bond acceptors (Lipinski definition) is 4. The number of carbonyl (C=O) groups excluding carboxylic acids is 1. The first-order valence-electron chi connectivity index (χ1n) is 9.58. The van der Waals surface area contributed by atoms with Crippen molar-refractivity contribution in [2.75, 3.05) is 11.9 Å². The number of halogens is 5. The van der Waals surface area contributed by atoms with E-state index in [2.05, 4.69) is 10.3 Å². The van der Waals surface area contributed by atoms with Crippen LogP contribution in [0.3, 0.4) is 0 Å². The first-order chi connectivity index (χ1) is 15.7. The fourth-order valence-electron chi connectivity index (χ4n) is 3.21. The number of carbonyl (C=O) groups is 1. The van der Waals surface area contributed by atoms with Crippen LogP contribution < -0.4 is 10.1 Å². The van der Waals surface area contributed by atoms with Gasteiger partial charge in [-0.05, 0) is 49.2 Å². The molecule has 1 N–H and O–H groups in total. The molecule has 0 aliphatic heterocycles. The number of thiazole rings is 1. The van der Waals surface area contributed by atoms with Crippen molar-refractivity contribution in [1.82, 2.24) is 4.98 Å². The standard InChI is InChI=1S/C23H15Cl5N2O2S/c1-10-18(26)11(2)20(28)22(19(10)27)32-9-17(31)30-21-13(7-12(24)8-14(21)25)23-29-15-5-3-4-6-16(15)33-23/h3-8H,9H2,1-2H3,(H,30,31). The van der Waals surface area contributed by atoms with Crippen molar-refractivity contribution in [2.45, 2.75) is 13.8 Å². The van der Waals surface area contributed by atoms with Gasteiger partial charge < -0.3 is 10.1 Å². The molecule has 0 aliphatic carbocycles. The fourth-order valence-corrected chi connectivity index (χ4v) is 5.56. The van der Waals surface area contributed by atoms with Crippen LogP contribution in [0.1, 0.15) is 11.1 Å². The molecule has 4 rings (SSSR count). The third kappa shape index (κ3) is 4.90. The molecule has 4 nitrogen and oxygen atoms in total. The molecule has 3 aromatic carbocycles. The average Bonchev–Trinajstić information content (AvgIpc) is 3.22. The van der Waals surface area contributed by atoms with E-state index in [-0.39, 0.29) is 27.4 Å². The highest BCUT2D eigenvalue weighted by Crippen LogP contribution is 2.43. The summed E-state index contributed by atoms with van der Waals surface area (Å²) in [6.07, 6.45) is 0. The van der Waals surface area contributed by atoms with E-state index in [1.807, 2.05) is 24.3 Å². The second-order valence-corrected chi connectivity index (χ2v) is 10.2. The number of aromatic nitrogens is 1. The Labute approximate surface area is 219 Å². The number of rotatable bonds is 5. The number of ether oxygens (including phenoxy) is 1. The molecule has 0 aliphatic rings. The molecule has 0 unspecified atom stereocenters. The van der Waals surface area contributed by atoms with Crippen LogP contribution in [-0.4, -0.2) is 17.5 Å². The predicted octanol–water partition coefficient (Wildman–Crippen LogP) is 8.86. The normalized spacial score (nSPS) is 11.1. The van der Waals surface area contributed by atoms with Crippen molar-refractivity contribution in [3.63, 3.8) is 0 Å². The Kier molecular flexibility index (Phi) is 7.29. The van der Waals surface area contributed by atoms with Gasteiger partial charge in [0.05, 0.1) is 31.0 Å². The van der Waals surface area contributed by atoms with Gasteiger partial charge in [0.2, 0.25) is 0 Å². The van der Waals surface area contributed by atoms with Gasteiger partial charge in [-0.3, -0.25) is 4.79 Å². The molecule has 10 heteroatoms. The van der Waals surface area contributed by atoms with E-state index < -0.39 is 5.91 Å². The summed E-state index contributed by atoms with van der Waals surface area (Å²) >= 11 is 33.1. The molecule has 1 aromatic heterocycles. The largest absolute Gasteiger partial charge is 0.481 e. The van der Waals surface area contributed by atoms with Crippen LogP contribution in [0.5, 0.6) is 5.75 Å². The van der Waals surface area contributed by atoms with Crippen LogP contribution in [0.2, 0.25) is 25.1 Å². The molecular formula is C23H15Cl5N2O2S. The number of amides is 1. The maximum atomic E-state index is 12.8. The number of para-hydroxylation sites is 1. The Bertz CT molecular complexity index is 1340. The van der Waals surface area contributed by atoms with Gasteiger partial charge in [-0.15, -0.1) is 11.3 Å². The number of anilines is 1. The van der Waals surface area contributed by atoms with Gasteiger partial charge in [0, 0.05) is 15.6 Å². The maximum Gasteiger partial charge on any atom is 0.262 e. The Balaban J connectivity index is 1.62. The van der Waals surface area contributed by atoms with Gasteiger partial charge in [-0.25, -0.2) is 4.98 Å². The SMILES string of the molecule is Cc1c(Cl)c(C)c(Cl)c(OCC(=O)Nc2c(Cl)cc(Cl)cc2-c2nc3ccccc3s2)c1Cl. The summed E-state index contributed by atoms with van der Waals surface area (Å²) in [5.41, 5.74) is 3.07. The van der Waals surface area contributed by atoms with Crippen molar-refractivity contribution >= 4 is 91.2 Å². The van der Waals surface area contributed by atoms with Crippen LogP contribution in [0.15, 0.2) is 36.4 Å². The summed E-state index contributed by atoms with van der Waals surface area (Å²) < 4.78 is 6.66. The molecule has 1 heterocycles. The second kappa shape index (κ2) is 9.87. The number of hydrogen-bond donors (Lipinski definition) is 1. The molecule has 0 saturated heterocycles. The van der Waals surface area contributed by atoms with Crippen molar-refractivity contribution in [1.29, 1.82) is 0 Å². The van der Waals surface area contributed by atoms with E-state index in [4.69, 9.17) is 62.7 Å². The van der Waals surface area contributed by atoms with Crippen LogP contribution >= 0.6 is 69.3 Å². The first kappa shape index (κ1) is 24.4. The van der Waals surface area contributed by atoms with Crippen LogP contribution in [-0.2, 0) is 4.79 Å². The molecule has 0 spiro atoms. The third-order valence-corrected chi connectivity index (χ3v) is 7.97. The summed E-state index contributed by atoms with van der Waals surface area (Å²) in [4.78, 5) is 17.4. The highest BCUT2D eigenvalue weighted by atomic mass is 35.5. The second-order valence-electron chi connectivity index (χ2n) is 7.15. The number of nitrogens with one attached hydrogen (secondary N) is 1. The molecule has 0 fully saturated rings. The van der Waals surface area contributed by atoms with Crippen molar-refractivity contribution in [2.24, 2.45) is 0 Å². The Morgan fingerprint density at radius 3 is 2.33 bits per heavy atom. The van der Waals surface area contributed by atoms with E-state index >= 15 is 0 Å². The summed E-state index contributed by atoms with van der Waals surface area (Å²) in [6.45, 7) is 3.15. The van der Waals surface area contributed by atoms with Gasteiger partial charge in [0.1, 0.15) is 5.01 Å². The zero-order valence-electron chi connectivity index (χ0n) is 17.2. The van der Waals surface area contributed by atoms with Crippen molar-refractivity contribution < 1.29 is 9.53 Å². The predicted molar refractivity (Wildman–Crippen MR) is 140 cm³/mol. The van der Waals surface area contributed by atoms with E-state index in [0.717, 1.165) is 10.2 Å². The lowest BCUT2D eigenvalue weighted by atomic mass is 10.1. The topological polar surface area (TPSA) is 51.2 Å². The lowest BCUT2D eigenvalue weighted by Crippen LogP contribution is -2.21. The molecule has 33 heavy (non-hydrogen) atoms. The lowest BCUT2D eigenvalue weighted by Gasteiger charge is -2.16. The minimum absolute atomic E-state index is 0.196. The highest BCUT2D eigenvalue weighted by Gasteiger charge is 2.21. The molecular weight excluding hydrogens is 546 g/mol. The Morgan fingerprint density at radius 2 is 1.67 bits per heavy atom. The van der Waals surface area contributed by atoms with E-state index in [9.17, 15) is 4.79 Å². The quantitative estimate of drug-likeness (QED) is 0.265. The number of fused-ring (bicyclic) bond motifs is 1. The fraction of sp³-hybridized carbons (Fsp3) is 0.130. The average molecular weight is 561 g/mol. The van der Waals surface area contributed by atoms with Gasteiger partial charge in [0.15, 0.2) is 12.4 Å². The van der Waals surface area contributed by atoms with Crippen LogP contribution in [0, 0.1) is 13.8 Å². The van der Waals surface area contributed by atoms with Gasteiger partial charge in [0.25, 0.3) is 5.91 Å². The maximum absolute atomic E-state index is 12.8. The van der Waals surface area contributed by atoms with Crippen molar-refractivity contribution in [3.05, 3.63) is 72.6 Å². The molecule has 170 valence electrons. The smallest absolute Gasteiger partial charge is 0.262 e. The molecule has 1 amide bonds. The molecule has 0 atom stereocenters. The molecule has 0 radical (unpaired) electrons. The van der Waals surface area contributed by atoms with Crippen LogP contribution in [0.4, 0.5) is 5.69 Å². The van der Waals surface area contributed by atoms with Crippen LogP contribution in [0.25, 0.3) is 20.8 Å². The lowest BCUT2D eigenvalue weighted by molar-refractivity contribution is -0.118. The van der Waals surface area contributed by atoms with E-state index in [1.54, 1.807) is 26.0 Å². The monoisotopic (exact) mass is 558 g/mol. The molecule has 0 saturated carbocycles. The zero-order chi connectivity index (χ0) is 23.9. The highest BCUT2D eigenvalue weighted by molar-refractivity contribution is 7.21. The zero-order valence-corrected chi connectivity index (χ0v) is 21.8. The van der Waals surface area contributed by atoms with E-state index in [0.29, 0.717) is 37.4 Å². The Hall–Kier alpha value is -1.73. The minimum Gasteiger partial charge on any atom is -0.481 e. The van der Waals surface area contributed by atoms with E-state index in [1.165, 1.54) is 11.3 Å². The summed E-state index contributed by atoms with van der Waals surface area (Å²) in [5, 5.41) is 5.13. The molecule has 0 bridgehead atoms. The summed E-state index contributed by atoms with van der Waals surface area (Å²) in [7, 11) is 0. The number of nitrogens with zero attached hydrogens (tertiary/aromatic N) is 1. The Morgan fingerprint density at radius 1 is 1.00 bits per heavy atom. The first-order valence-corrected chi connectivity index (χ1v) is 12.3.